The third-order valence-corrected chi connectivity index (χ3v) is 3.61. The Morgan fingerprint density at radius 2 is 1.94 bits per heavy atom. The molecular formula is C16H16O2. The Morgan fingerprint density at radius 1 is 1.17 bits per heavy atom. The highest BCUT2D eigenvalue weighted by atomic mass is 16.5. The normalized spacial score (nSPS) is 23.3. The minimum absolute atomic E-state index is 0.0193. The number of cyclic esters (lactones) is 1. The standard InChI is InChI=1S/C16H16O2/c1-11-9-14(16(17)18-11)10-13-7-4-6-12-5-2-3-8-15(12)13/h2-8,11,14H,9-10H2,1H3/t11-,14+/m1/s1. The second-order valence-corrected chi connectivity index (χ2v) is 5.02. The molecule has 0 spiro atoms. The maximum Gasteiger partial charge on any atom is 0.309 e. The molecule has 1 heterocycles. The van der Waals surface area contributed by atoms with E-state index in [-0.39, 0.29) is 18.0 Å². The Kier molecular flexibility index (Phi) is 2.78. The van der Waals surface area contributed by atoms with E-state index >= 15 is 0 Å². The third kappa shape index (κ3) is 1.99. The van der Waals surface area contributed by atoms with Crippen LogP contribution in [0.25, 0.3) is 10.8 Å². The predicted octanol–water partition coefficient (Wildman–Crippen LogP) is 3.33. The maximum atomic E-state index is 11.7. The highest BCUT2D eigenvalue weighted by Gasteiger charge is 2.31. The largest absolute Gasteiger partial charge is 0.462 e. The van der Waals surface area contributed by atoms with E-state index in [4.69, 9.17) is 4.74 Å². The molecule has 2 nitrogen and oxygen atoms in total. The fourth-order valence-corrected chi connectivity index (χ4v) is 2.74. The fraction of sp³-hybridized carbons (Fsp3) is 0.312. The highest BCUT2D eigenvalue weighted by molar-refractivity contribution is 5.86. The summed E-state index contributed by atoms with van der Waals surface area (Å²) in [6.45, 7) is 1.96. The molecule has 1 fully saturated rings. The molecule has 1 aliphatic heterocycles. The minimum Gasteiger partial charge on any atom is -0.462 e. The van der Waals surface area contributed by atoms with Gasteiger partial charge in [-0.05, 0) is 36.1 Å². The third-order valence-electron chi connectivity index (χ3n) is 3.61. The molecule has 0 saturated carbocycles. The van der Waals surface area contributed by atoms with Crippen LogP contribution in [0.5, 0.6) is 0 Å². The van der Waals surface area contributed by atoms with Crippen molar-refractivity contribution < 1.29 is 9.53 Å². The predicted molar refractivity (Wildman–Crippen MR) is 71.3 cm³/mol. The van der Waals surface area contributed by atoms with Crippen molar-refractivity contribution in [1.29, 1.82) is 0 Å². The number of rotatable bonds is 2. The quantitative estimate of drug-likeness (QED) is 0.753. The summed E-state index contributed by atoms with van der Waals surface area (Å²) in [5, 5.41) is 2.47. The second kappa shape index (κ2) is 4.45. The van der Waals surface area contributed by atoms with Crippen LogP contribution in [0.4, 0.5) is 0 Å². The van der Waals surface area contributed by atoms with Crippen LogP contribution in [0.2, 0.25) is 0 Å². The summed E-state index contributed by atoms with van der Waals surface area (Å²) in [5.41, 5.74) is 1.24. The molecule has 0 N–H and O–H groups in total. The van der Waals surface area contributed by atoms with E-state index in [1.165, 1.54) is 16.3 Å². The van der Waals surface area contributed by atoms with Crippen LogP contribution < -0.4 is 0 Å². The smallest absolute Gasteiger partial charge is 0.309 e. The number of hydrogen-bond donors (Lipinski definition) is 0. The average molecular weight is 240 g/mol. The second-order valence-electron chi connectivity index (χ2n) is 5.02. The molecule has 0 amide bonds. The molecule has 0 aromatic heterocycles. The Hall–Kier alpha value is -1.83. The lowest BCUT2D eigenvalue weighted by molar-refractivity contribution is -0.143. The van der Waals surface area contributed by atoms with Crippen LogP contribution in [0.1, 0.15) is 18.9 Å². The molecule has 0 unspecified atom stereocenters. The summed E-state index contributed by atoms with van der Waals surface area (Å²) in [4.78, 5) is 11.7. The molecule has 2 heteroatoms. The summed E-state index contributed by atoms with van der Waals surface area (Å²) in [6, 6.07) is 14.6. The first-order valence-corrected chi connectivity index (χ1v) is 6.41. The number of esters is 1. The van der Waals surface area contributed by atoms with Gasteiger partial charge in [0.2, 0.25) is 0 Å². The van der Waals surface area contributed by atoms with Gasteiger partial charge in [0.1, 0.15) is 0 Å². The van der Waals surface area contributed by atoms with Crippen molar-refractivity contribution in [2.75, 3.05) is 0 Å². The van der Waals surface area contributed by atoms with E-state index < -0.39 is 0 Å². The van der Waals surface area contributed by atoms with Gasteiger partial charge in [-0.15, -0.1) is 0 Å². The van der Waals surface area contributed by atoms with Crippen molar-refractivity contribution in [3.63, 3.8) is 0 Å². The summed E-state index contributed by atoms with van der Waals surface area (Å²) in [7, 11) is 0. The van der Waals surface area contributed by atoms with E-state index in [1.807, 2.05) is 19.1 Å². The molecule has 0 radical (unpaired) electrons. The molecule has 1 saturated heterocycles. The molecule has 92 valence electrons. The average Bonchev–Trinajstić information content (AvgIpc) is 2.68. The van der Waals surface area contributed by atoms with Crippen LogP contribution >= 0.6 is 0 Å². The zero-order valence-corrected chi connectivity index (χ0v) is 10.4. The SMILES string of the molecule is C[C@@H]1C[C@@H](Cc2cccc3ccccc23)C(=O)O1. The van der Waals surface area contributed by atoms with Crippen LogP contribution in [0, 0.1) is 5.92 Å². The van der Waals surface area contributed by atoms with Crippen molar-refractivity contribution in [3.8, 4) is 0 Å². The lowest BCUT2D eigenvalue weighted by Crippen LogP contribution is -2.10. The Morgan fingerprint density at radius 3 is 2.72 bits per heavy atom. The van der Waals surface area contributed by atoms with Crippen molar-refractivity contribution >= 4 is 16.7 Å². The number of carbonyl (C=O) groups excluding carboxylic acids is 1. The summed E-state index contributed by atoms with van der Waals surface area (Å²) >= 11 is 0. The van der Waals surface area contributed by atoms with Gasteiger partial charge in [0.15, 0.2) is 0 Å². The van der Waals surface area contributed by atoms with Crippen molar-refractivity contribution in [1.82, 2.24) is 0 Å². The Bertz CT molecular complexity index is 583. The van der Waals surface area contributed by atoms with Gasteiger partial charge in [-0.25, -0.2) is 0 Å². The van der Waals surface area contributed by atoms with Gasteiger partial charge >= 0.3 is 5.97 Å². The lowest BCUT2D eigenvalue weighted by atomic mass is 9.93. The zero-order valence-electron chi connectivity index (χ0n) is 10.4. The van der Waals surface area contributed by atoms with Gasteiger partial charge in [0.25, 0.3) is 0 Å². The van der Waals surface area contributed by atoms with Crippen molar-refractivity contribution in [2.45, 2.75) is 25.9 Å². The van der Waals surface area contributed by atoms with Gasteiger partial charge in [-0.2, -0.15) is 0 Å². The number of benzene rings is 2. The monoisotopic (exact) mass is 240 g/mol. The summed E-state index contributed by atoms with van der Waals surface area (Å²) in [5.74, 6) is -0.0266. The van der Waals surface area contributed by atoms with Gasteiger partial charge < -0.3 is 4.74 Å². The molecule has 0 bridgehead atoms. The molecule has 2 aromatic rings. The van der Waals surface area contributed by atoms with Crippen LogP contribution in [-0.4, -0.2) is 12.1 Å². The summed E-state index contributed by atoms with van der Waals surface area (Å²) < 4.78 is 5.22. The van der Waals surface area contributed by atoms with Crippen LogP contribution in [-0.2, 0) is 16.0 Å². The molecule has 2 aromatic carbocycles. The molecule has 3 rings (SSSR count). The Balaban J connectivity index is 1.93. The first-order valence-electron chi connectivity index (χ1n) is 6.41. The number of fused-ring (bicyclic) bond motifs is 1. The van der Waals surface area contributed by atoms with E-state index in [2.05, 4.69) is 30.3 Å². The lowest BCUT2D eigenvalue weighted by Gasteiger charge is -2.09. The van der Waals surface area contributed by atoms with Gasteiger partial charge in [-0.1, -0.05) is 42.5 Å². The number of ether oxygens (including phenoxy) is 1. The van der Waals surface area contributed by atoms with Crippen molar-refractivity contribution in [3.05, 3.63) is 48.0 Å². The maximum absolute atomic E-state index is 11.7. The Labute approximate surface area is 107 Å². The number of hydrogen-bond acceptors (Lipinski definition) is 2. The first kappa shape index (κ1) is 11.3. The van der Waals surface area contributed by atoms with Crippen LogP contribution in [0.15, 0.2) is 42.5 Å². The van der Waals surface area contributed by atoms with Gasteiger partial charge in [0, 0.05) is 0 Å². The minimum atomic E-state index is -0.0459. The van der Waals surface area contributed by atoms with E-state index in [9.17, 15) is 4.79 Å². The van der Waals surface area contributed by atoms with Crippen molar-refractivity contribution in [2.24, 2.45) is 5.92 Å². The summed E-state index contributed by atoms with van der Waals surface area (Å²) in [6.07, 6.45) is 1.68. The van der Waals surface area contributed by atoms with E-state index in [1.54, 1.807) is 0 Å². The van der Waals surface area contributed by atoms with Gasteiger partial charge in [-0.3, -0.25) is 4.79 Å². The molecule has 0 aliphatic carbocycles. The zero-order chi connectivity index (χ0) is 12.5. The fourth-order valence-electron chi connectivity index (χ4n) is 2.74. The molecule has 2 atom stereocenters. The molecule has 1 aliphatic rings. The number of carbonyl (C=O) groups is 1. The van der Waals surface area contributed by atoms with Gasteiger partial charge in [0.05, 0.1) is 12.0 Å². The first-order chi connectivity index (χ1) is 8.74. The van der Waals surface area contributed by atoms with E-state index in [0.29, 0.717) is 0 Å². The topological polar surface area (TPSA) is 26.3 Å². The van der Waals surface area contributed by atoms with Crippen LogP contribution in [0.3, 0.4) is 0 Å². The highest BCUT2D eigenvalue weighted by Crippen LogP contribution is 2.27. The molecular weight excluding hydrogens is 224 g/mol. The van der Waals surface area contributed by atoms with E-state index in [0.717, 1.165) is 12.8 Å². The molecule has 18 heavy (non-hydrogen) atoms.